The molecule has 0 bridgehead atoms. The lowest BCUT2D eigenvalue weighted by atomic mass is 9.84. The fourth-order valence-corrected chi connectivity index (χ4v) is 2.60. The van der Waals surface area contributed by atoms with E-state index in [0.717, 1.165) is 19.4 Å². The Bertz CT molecular complexity index is 270. The Balaban J connectivity index is 2.24. The number of esters is 1. The summed E-state index contributed by atoms with van der Waals surface area (Å²) in [5.74, 6) is -0.670. The largest absolute Gasteiger partial charge is 0.469 e. The molecule has 0 aliphatic carbocycles. The van der Waals surface area contributed by atoms with Crippen LogP contribution >= 0.6 is 0 Å². The van der Waals surface area contributed by atoms with Crippen LogP contribution in [0.4, 0.5) is 0 Å². The molecule has 2 saturated heterocycles. The van der Waals surface area contributed by atoms with Gasteiger partial charge in [0.05, 0.1) is 19.8 Å². The van der Waals surface area contributed by atoms with Gasteiger partial charge in [-0.05, 0) is 19.8 Å². The van der Waals surface area contributed by atoms with Crippen LogP contribution in [-0.2, 0) is 14.4 Å². The Kier molecular flexibility index (Phi) is 2.70. The normalized spacial score (nSPS) is 40.5. The summed E-state index contributed by atoms with van der Waals surface area (Å²) < 4.78 is 4.78. The zero-order valence-electron chi connectivity index (χ0n) is 9.10. The molecule has 5 nitrogen and oxygen atoms in total. The van der Waals surface area contributed by atoms with Gasteiger partial charge >= 0.3 is 5.97 Å². The third-order valence-electron chi connectivity index (χ3n) is 3.39. The molecule has 0 amide bonds. The summed E-state index contributed by atoms with van der Waals surface area (Å²) in [7, 11) is 1.37. The number of hydroxylamine groups is 2. The molecule has 2 rings (SSSR count). The van der Waals surface area contributed by atoms with Crippen molar-refractivity contribution in [2.75, 3.05) is 20.3 Å². The minimum Gasteiger partial charge on any atom is -0.469 e. The first-order chi connectivity index (χ1) is 7.12. The summed E-state index contributed by atoms with van der Waals surface area (Å²) in [4.78, 5) is 17.3. The molecule has 2 aliphatic heterocycles. The van der Waals surface area contributed by atoms with Crippen molar-refractivity contribution in [1.29, 1.82) is 0 Å². The smallest absolute Gasteiger partial charge is 0.313 e. The maximum atomic E-state index is 11.7. The first-order valence-corrected chi connectivity index (χ1v) is 5.27. The summed E-state index contributed by atoms with van der Waals surface area (Å²) >= 11 is 0. The Hall–Kier alpha value is -0.650. The Morgan fingerprint density at radius 2 is 2.47 bits per heavy atom. The number of nitrogens with zero attached hydrogens (tertiary/aromatic N) is 1. The van der Waals surface area contributed by atoms with E-state index in [1.54, 1.807) is 6.92 Å². The molecule has 0 aromatic carbocycles. The molecule has 5 heteroatoms. The molecule has 2 heterocycles. The first kappa shape index (κ1) is 10.9. The third kappa shape index (κ3) is 1.55. The van der Waals surface area contributed by atoms with Crippen LogP contribution in [0.3, 0.4) is 0 Å². The number of hydrogen-bond donors (Lipinski definition) is 1. The fourth-order valence-electron chi connectivity index (χ4n) is 2.60. The van der Waals surface area contributed by atoms with Gasteiger partial charge < -0.3 is 9.84 Å². The number of rotatable bonds is 2. The average molecular weight is 215 g/mol. The molecule has 0 radical (unpaired) electrons. The summed E-state index contributed by atoms with van der Waals surface area (Å²) in [6, 6.07) is 0.0644. The highest BCUT2D eigenvalue weighted by Crippen LogP contribution is 2.42. The minimum absolute atomic E-state index is 0.0644. The molecule has 1 N–H and O–H groups in total. The zero-order chi connectivity index (χ0) is 11.1. The molecule has 15 heavy (non-hydrogen) atoms. The lowest BCUT2D eigenvalue weighted by molar-refractivity contribution is -0.205. The molecule has 3 atom stereocenters. The number of carbonyl (C=O) groups is 1. The van der Waals surface area contributed by atoms with Crippen molar-refractivity contribution in [2.45, 2.75) is 31.4 Å². The van der Waals surface area contributed by atoms with Crippen LogP contribution in [0.1, 0.15) is 19.8 Å². The monoisotopic (exact) mass is 215 g/mol. The number of carbonyl (C=O) groups excluding carboxylic acids is 1. The van der Waals surface area contributed by atoms with Gasteiger partial charge in [0.15, 0.2) is 0 Å². The highest BCUT2D eigenvalue weighted by atomic mass is 16.7. The average Bonchev–Trinajstić information content (AvgIpc) is 2.75. The number of aliphatic hydroxyl groups is 1. The van der Waals surface area contributed by atoms with Crippen molar-refractivity contribution in [3.05, 3.63) is 0 Å². The van der Waals surface area contributed by atoms with E-state index < -0.39 is 5.60 Å². The van der Waals surface area contributed by atoms with E-state index in [0.29, 0.717) is 0 Å². The lowest BCUT2D eigenvalue weighted by Crippen LogP contribution is -2.44. The predicted octanol–water partition coefficient (Wildman–Crippen LogP) is -0.0638. The van der Waals surface area contributed by atoms with Crippen LogP contribution in [0.2, 0.25) is 0 Å². The Morgan fingerprint density at radius 3 is 3.07 bits per heavy atom. The molecule has 0 aromatic rings. The maximum Gasteiger partial charge on any atom is 0.313 e. The van der Waals surface area contributed by atoms with Crippen LogP contribution in [-0.4, -0.2) is 48.0 Å². The molecule has 0 aromatic heterocycles. The third-order valence-corrected chi connectivity index (χ3v) is 3.39. The van der Waals surface area contributed by atoms with E-state index >= 15 is 0 Å². The number of methoxy groups -OCH3 is 1. The van der Waals surface area contributed by atoms with Gasteiger partial charge in [0.1, 0.15) is 11.5 Å². The van der Waals surface area contributed by atoms with Crippen molar-refractivity contribution < 1.29 is 19.5 Å². The highest BCUT2D eigenvalue weighted by Gasteiger charge is 2.56. The van der Waals surface area contributed by atoms with Crippen LogP contribution < -0.4 is 0 Å². The summed E-state index contributed by atoms with van der Waals surface area (Å²) in [5.41, 5.74) is -0.821. The Labute approximate surface area is 88.9 Å². The van der Waals surface area contributed by atoms with Crippen molar-refractivity contribution in [3.8, 4) is 0 Å². The van der Waals surface area contributed by atoms with Crippen molar-refractivity contribution in [2.24, 2.45) is 5.92 Å². The predicted molar refractivity (Wildman–Crippen MR) is 51.8 cm³/mol. The van der Waals surface area contributed by atoms with Gasteiger partial charge in [-0.15, -0.1) is 0 Å². The van der Waals surface area contributed by atoms with Gasteiger partial charge in [-0.1, -0.05) is 0 Å². The topological polar surface area (TPSA) is 59.0 Å². The summed E-state index contributed by atoms with van der Waals surface area (Å²) in [6.07, 6.45) is 1.95. The lowest BCUT2D eigenvalue weighted by Gasteiger charge is -2.26. The SMILES string of the molecule is COC(=O)[C@@H]1[C@@H]2CCCN2O[C@]1(C)CO. The van der Waals surface area contributed by atoms with Gasteiger partial charge in [0.25, 0.3) is 0 Å². The molecular weight excluding hydrogens is 198 g/mol. The zero-order valence-corrected chi connectivity index (χ0v) is 9.10. The van der Waals surface area contributed by atoms with Crippen LogP contribution in [0.15, 0.2) is 0 Å². The second-order valence-electron chi connectivity index (χ2n) is 4.41. The standard InChI is InChI=1S/C10H17NO4/c1-10(6-12)8(9(13)14-2)7-4-3-5-11(7)15-10/h7-8,12H,3-6H2,1-2H3/t7-,8-,10+/m0/s1. The Morgan fingerprint density at radius 1 is 1.73 bits per heavy atom. The fraction of sp³-hybridized carbons (Fsp3) is 0.900. The first-order valence-electron chi connectivity index (χ1n) is 5.27. The quantitative estimate of drug-likeness (QED) is 0.654. The second-order valence-corrected chi connectivity index (χ2v) is 4.41. The van der Waals surface area contributed by atoms with Crippen molar-refractivity contribution in [3.63, 3.8) is 0 Å². The van der Waals surface area contributed by atoms with Gasteiger partial charge in [-0.2, -0.15) is 5.06 Å². The van der Waals surface area contributed by atoms with Gasteiger partial charge in [0.2, 0.25) is 0 Å². The molecule has 86 valence electrons. The van der Waals surface area contributed by atoms with Gasteiger partial charge in [-0.25, -0.2) is 0 Å². The molecule has 0 spiro atoms. The van der Waals surface area contributed by atoms with Crippen molar-refractivity contribution >= 4 is 5.97 Å². The van der Waals surface area contributed by atoms with Crippen LogP contribution in [0.25, 0.3) is 0 Å². The van der Waals surface area contributed by atoms with Crippen LogP contribution in [0, 0.1) is 5.92 Å². The van der Waals surface area contributed by atoms with E-state index in [1.807, 2.05) is 5.06 Å². The summed E-state index contributed by atoms with van der Waals surface area (Å²) in [5, 5.41) is 11.2. The molecule has 0 saturated carbocycles. The van der Waals surface area contributed by atoms with Gasteiger partial charge in [0, 0.05) is 6.54 Å². The van der Waals surface area contributed by atoms with E-state index in [-0.39, 0.29) is 24.5 Å². The second kappa shape index (κ2) is 3.73. The number of ether oxygens (including phenoxy) is 1. The van der Waals surface area contributed by atoms with E-state index in [9.17, 15) is 9.90 Å². The molecular formula is C10H17NO4. The van der Waals surface area contributed by atoms with Crippen molar-refractivity contribution in [1.82, 2.24) is 5.06 Å². The summed E-state index contributed by atoms with van der Waals surface area (Å²) in [6.45, 7) is 2.42. The maximum absolute atomic E-state index is 11.7. The van der Waals surface area contributed by atoms with E-state index in [4.69, 9.17) is 9.57 Å². The highest BCUT2D eigenvalue weighted by molar-refractivity contribution is 5.75. The number of fused-ring (bicyclic) bond motifs is 1. The molecule has 0 unspecified atom stereocenters. The van der Waals surface area contributed by atoms with E-state index in [2.05, 4.69) is 0 Å². The number of aliphatic hydroxyl groups excluding tert-OH is 1. The van der Waals surface area contributed by atoms with Crippen LogP contribution in [0.5, 0.6) is 0 Å². The van der Waals surface area contributed by atoms with E-state index in [1.165, 1.54) is 7.11 Å². The number of hydrogen-bond acceptors (Lipinski definition) is 5. The molecule has 2 aliphatic rings. The minimum atomic E-state index is -0.821. The molecule has 2 fully saturated rings. The van der Waals surface area contributed by atoms with Gasteiger partial charge in [-0.3, -0.25) is 9.63 Å².